The van der Waals surface area contributed by atoms with Crippen molar-refractivity contribution in [3.8, 4) is 0 Å². The second-order valence-electron chi connectivity index (χ2n) is 7.88. The van der Waals surface area contributed by atoms with Crippen LogP contribution in [0.5, 0.6) is 0 Å². The number of aliphatic hydroxyl groups excluding tert-OH is 1. The number of nitrogens with zero attached hydrogens (tertiary/aromatic N) is 4. The maximum atomic E-state index is 11.8. The number of carbonyl (C=O) groups excluding carboxylic acids is 1. The highest BCUT2D eigenvalue weighted by Gasteiger charge is 2.33. The highest BCUT2D eigenvalue weighted by molar-refractivity contribution is 5.78. The third kappa shape index (κ3) is 3.34. The number of hydrogen-bond acceptors (Lipinski definition) is 4. The summed E-state index contributed by atoms with van der Waals surface area (Å²) in [5.41, 5.74) is 2.70. The first kappa shape index (κ1) is 17.0. The lowest BCUT2D eigenvalue weighted by atomic mass is 10.0. The van der Waals surface area contributed by atoms with E-state index < -0.39 is 6.10 Å². The van der Waals surface area contributed by atoms with Crippen LogP contribution in [0.4, 0.5) is 0 Å². The van der Waals surface area contributed by atoms with Gasteiger partial charge in [0.05, 0.1) is 17.8 Å². The Morgan fingerprint density at radius 1 is 1.12 bits per heavy atom. The van der Waals surface area contributed by atoms with Crippen molar-refractivity contribution in [3.05, 3.63) is 17.2 Å². The Kier molecular flexibility index (Phi) is 4.82. The number of β-amino-alcohol motifs (C(OH)–C–C–N with tert-alkyl or cyclic N) is 1. The molecule has 2 aliphatic heterocycles. The summed E-state index contributed by atoms with van der Waals surface area (Å²) < 4.78 is 2.31. The minimum Gasteiger partial charge on any atom is -0.390 e. The van der Waals surface area contributed by atoms with E-state index in [0.717, 1.165) is 45.2 Å². The van der Waals surface area contributed by atoms with Crippen molar-refractivity contribution in [2.45, 2.75) is 63.5 Å². The minimum absolute atomic E-state index is 0.189. The van der Waals surface area contributed by atoms with Gasteiger partial charge in [0.15, 0.2) is 0 Å². The number of amides is 1. The Morgan fingerprint density at radius 2 is 1.96 bits per heavy atom. The van der Waals surface area contributed by atoms with Gasteiger partial charge in [-0.2, -0.15) is 0 Å². The highest BCUT2D eigenvalue weighted by atomic mass is 16.3. The largest absolute Gasteiger partial charge is 0.390 e. The van der Waals surface area contributed by atoms with Crippen LogP contribution in [0.25, 0.3) is 0 Å². The summed E-state index contributed by atoms with van der Waals surface area (Å²) in [5.74, 6) is 1.36. The Morgan fingerprint density at radius 3 is 2.72 bits per heavy atom. The van der Waals surface area contributed by atoms with Crippen molar-refractivity contribution < 1.29 is 9.90 Å². The lowest BCUT2D eigenvalue weighted by Gasteiger charge is -2.28. The summed E-state index contributed by atoms with van der Waals surface area (Å²) in [7, 11) is 2.16. The van der Waals surface area contributed by atoms with Gasteiger partial charge < -0.3 is 14.6 Å². The molecule has 1 amide bonds. The van der Waals surface area contributed by atoms with Crippen molar-refractivity contribution in [1.82, 2.24) is 19.4 Å². The number of aromatic nitrogens is 2. The zero-order valence-electron chi connectivity index (χ0n) is 15.3. The molecule has 6 nitrogen and oxygen atoms in total. The average Bonchev–Trinajstić information content (AvgIpc) is 3.29. The first-order valence-electron chi connectivity index (χ1n) is 9.87. The maximum absolute atomic E-state index is 11.8. The van der Waals surface area contributed by atoms with Crippen molar-refractivity contribution in [2.75, 3.05) is 26.2 Å². The number of hydrogen-bond donors (Lipinski definition) is 1. The van der Waals surface area contributed by atoms with Gasteiger partial charge in [0.1, 0.15) is 5.82 Å². The van der Waals surface area contributed by atoms with Gasteiger partial charge in [-0.15, -0.1) is 0 Å². The highest BCUT2D eigenvalue weighted by Crippen LogP contribution is 2.33. The molecule has 3 heterocycles. The van der Waals surface area contributed by atoms with E-state index in [0.29, 0.717) is 25.6 Å². The summed E-state index contributed by atoms with van der Waals surface area (Å²) in [4.78, 5) is 20.9. The molecule has 2 fully saturated rings. The van der Waals surface area contributed by atoms with Crippen molar-refractivity contribution in [3.63, 3.8) is 0 Å². The number of carbonyl (C=O) groups is 1. The summed E-state index contributed by atoms with van der Waals surface area (Å²) in [6.07, 6.45) is 8.12. The molecule has 3 aliphatic rings. The standard InChI is InChI=1S/C19H30N4O2/c1-21-16-7-3-2-6-15(16)20-19(21)17-8-4-10-22(17)12-14(24)13-23-11-5-9-18(23)25/h14,17,24H,2-13H2,1H3/t14-,17+/m1/s1. The summed E-state index contributed by atoms with van der Waals surface area (Å²) in [5, 5.41) is 10.5. The molecule has 1 aromatic rings. The molecule has 1 aliphatic carbocycles. The van der Waals surface area contributed by atoms with Gasteiger partial charge >= 0.3 is 0 Å². The SMILES string of the molecule is Cn1c([C@@H]2CCCN2C[C@@H](O)CN2CCCC2=O)nc2c1CCCC2. The first-order valence-corrected chi connectivity index (χ1v) is 9.87. The van der Waals surface area contributed by atoms with Crippen LogP contribution in [0, 0.1) is 0 Å². The van der Waals surface area contributed by atoms with E-state index in [1.807, 2.05) is 4.90 Å². The molecule has 138 valence electrons. The number of rotatable bonds is 5. The van der Waals surface area contributed by atoms with Crippen molar-refractivity contribution in [1.29, 1.82) is 0 Å². The second-order valence-corrected chi connectivity index (χ2v) is 7.88. The predicted octanol–water partition coefficient (Wildman–Crippen LogP) is 1.42. The van der Waals surface area contributed by atoms with E-state index in [4.69, 9.17) is 4.98 Å². The van der Waals surface area contributed by atoms with E-state index in [1.165, 1.54) is 30.1 Å². The van der Waals surface area contributed by atoms with Crippen molar-refractivity contribution in [2.24, 2.45) is 7.05 Å². The van der Waals surface area contributed by atoms with Gasteiger partial charge in [-0.25, -0.2) is 4.98 Å². The topological polar surface area (TPSA) is 61.6 Å². The summed E-state index contributed by atoms with van der Waals surface area (Å²) >= 11 is 0. The Balaban J connectivity index is 1.44. The summed E-state index contributed by atoms with van der Waals surface area (Å²) in [6, 6.07) is 0.305. The molecule has 2 atom stereocenters. The molecule has 4 rings (SSSR count). The molecule has 1 N–H and O–H groups in total. The van der Waals surface area contributed by atoms with Gasteiger partial charge in [0, 0.05) is 38.8 Å². The van der Waals surface area contributed by atoms with Gasteiger partial charge in [-0.3, -0.25) is 9.69 Å². The van der Waals surface area contributed by atoms with Crippen LogP contribution in [-0.2, 0) is 24.7 Å². The molecule has 0 aromatic carbocycles. The van der Waals surface area contributed by atoms with Gasteiger partial charge in [-0.1, -0.05) is 0 Å². The molecule has 0 bridgehead atoms. The Bertz CT molecular complexity index is 642. The van der Waals surface area contributed by atoms with E-state index in [9.17, 15) is 9.90 Å². The third-order valence-electron chi connectivity index (χ3n) is 6.12. The zero-order valence-corrected chi connectivity index (χ0v) is 15.3. The monoisotopic (exact) mass is 346 g/mol. The van der Waals surface area contributed by atoms with Gasteiger partial charge in [-0.05, 0) is 51.5 Å². The van der Waals surface area contributed by atoms with Crippen LogP contribution in [0.15, 0.2) is 0 Å². The zero-order chi connectivity index (χ0) is 17.4. The molecule has 0 saturated carbocycles. The third-order valence-corrected chi connectivity index (χ3v) is 6.12. The van der Waals surface area contributed by atoms with Gasteiger partial charge in [0.25, 0.3) is 0 Å². The molecule has 0 spiro atoms. The number of imidazole rings is 1. The Hall–Kier alpha value is -1.40. The fourth-order valence-electron chi connectivity index (χ4n) is 4.82. The van der Waals surface area contributed by atoms with Crippen LogP contribution in [0.3, 0.4) is 0 Å². The molecule has 25 heavy (non-hydrogen) atoms. The van der Waals surface area contributed by atoms with Crippen LogP contribution in [0.2, 0.25) is 0 Å². The quantitative estimate of drug-likeness (QED) is 0.876. The molecule has 1 aromatic heterocycles. The molecular weight excluding hydrogens is 316 g/mol. The fourth-order valence-corrected chi connectivity index (χ4v) is 4.82. The second kappa shape index (κ2) is 7.08. The van der Waals surface area contributed by atoms with Gasteiger partial charge in [0.2, 0.25) is 5.91 Å². The van der Waals surface area contributed by atoms with Crippen molar-refractivity contribution >= 4 is 5.91 Å². The number of fused-ring (bicyclic) bond motifs is 1. The van der Waals surface area contributed by atoms with Crippen LogP contribution in [0.1, 0.15) is 61.8 Å². The molecule has 6 heteroatoms. The summed E-state index contributed by atoms with van der Waals surface area (Å²) in [6.45, 7) is 2.91. The van der Waals surface area contributed by atoms with E-state index >= 15 is 0 Å². The van der Waals surface area contributed by atoms with Crippen LogP contribution < -0.4 is 0 Å². The van der Waals surface area contributed by atoms with E-state index in [-0.39, 0.29) is 5.91 Å². The van der Waals surface area contributed by atoms with E-state index in [2.05, 4.69) is 16.5 Å². The van der Waals surface area contributed by atoms with Crippen LogP contribution in [-0.4, -0.2) is 62.6 Å². The molecule has 2 saturated heterocycles. The normalized spacial score (nSPS) is 25.6. The number of aryl methyl sites for hydroxylation is 1. The lowest BCUT2D eigenvalue weighted by molar-refractivity contribution is -0.129. The lowest BCUT2D eigenvalue weighted by Crippen LogP contribution is -2.41. The smallest absolute Gasteiger partial charge is 0.222 e. The number of likely N-dealkylation sites (tertiary alicyclic amines) is 2. The fraction of sp³-hybridized carbons (Fsp3) is 0.789. The minimum atomic E-state index is -0.474. The number of aliphatic hydroxyl groups is 1. The first-order chi connectivity index (χ1) is 12.1. The average molecular weight is 346 g/mol. The molecule has 0 unspecified atom stereocenters. The molecular formula is C19H30N4O2. The predicted molar refractivity (Wildman–Crippen MR) is 95.2 cm³/mol. The van der Waals surface area contributed by atoms with E-state index in [1.54, 1.807) is 0 Å². The molecule has 0 radical (unpaired) electrons. The maximum Gasteiger partial charge on any atom is 0.222 e. The van der Waals surface area contributed by atoms with Crippen LogP contribution >= 0.6 is 0 Å². The Labute approximate surface area is 149 Å².